The fourth-order valence-electron chi connectivity index (χ4n) is 5.07. The summed E-state index contributed by atoms with van der Waals surface area (Å²) >= 11 is 0. The third kappa shape index (κ3) is 5.84. The number of nitrogens with zero attached hydrogens (tertiary/aromatic N) is 8. The van der Waals surface area contributed by atoms with E-state index in [0.717, 1.165) is 31.7 Å². The van der Waals surface area contributed by atoms with Crippen molar-refractivity contribution in [1.82, 2.24) is 34.4 Å². The van der Waals surface area contributed by atoms with Gasteiger partial charge in [0.2, 0.25) is 17.8 Å². The van der Waals surface area contributed by atoms with Crippen LogP contribution < -0.4 is 20.3 Å². The molecule has 0 unspecified atom stereocenters. The average molecular weight is 567 g/mol. The molecular weight excluding hydrogens is 534 g/mol. The number of piperidine rings is 1. The number of alkyl halides is 2. The van der Waals surface area contributed by atoms with Crippen LogP contribution in [0.25, 0.3) is 17.0 Å². The first-order chi connectivity index (χ1) is 20.0. The monoisotopic (exact) mass is 566 g/mol. The van der Waals surface area contributed by atoms with Crippen molar-refractivity contribution in [2.24, 2.45) is 0 Å². The van der Waals surface area contributed by atoms with Gasteiger partial charge in [-0.25, -0.2) is 18.7 Å². The predicted octanol–water partition coefficient (Wildman–Crippen LogP) is 3.64. The SMILES string of the molecule is COc1cccc2c1nc(C(F)F)n2-c1nc(Nc2ccc(NC3CCN(C)CC3)nc2)nc(N2CCOCC2)n1. The summed E-state index contributed by atoms with van der Waals surface area (Å²) in [5, 5.41) is 6.68. The normalized spacial score (nSPS) is 16.9. The summed E-state index contributed by atoms with van der Waals surface area (Å²) in [6.07, 6.45) is 0.940. The molecule has 5 heterocycles. The minimum absolute atomic E-state index is 0.0172. The lowest BCUT2D eigenvalue weighted by Gasteiger charge is -2.29. The van der Waals surface area contributed by atoms with Gasteiger partial charge in [0.1, 0.15) is 17.1 Å². The Kier molecular flexibility index (Phi) is 7.74. The van der Waals surface area contributed by atoms with Crippen molar-refractivity contribution in [3.05, 3.63) is 42.4 Å². The third-order valence-electron chi connectivity index (χ3n) is 7.29. The lowest BCUT2D eigenvalue weighted by atomic mass is 10.1. The number of anilines is 4. The standard InChI is InChI=1S/C27H32F2N10O2/c1-37-10-8-17(9-11-37)31-21-7-6-18(16-30-21)32-25-34-26(38-12-14-41-15-13-38)36-27(35-25)39-19-4-3-5-20(40-2)22(19)33-24(39)23(28)29/h3-7,16-17,23H,8-15H2,1-2H3,(H,30,31)(H,32,34,35,36). The quantitative estimate of drug-likeness (QED) is 0.325. The van der Waals surface area contributed by atoms with E-state index in [1.54, 1.807) is 24.4 Å². The summed E-state index contributed by atoms with van der Waals surface area (Å²) in [6, 6.07) is 9.23. The molecule has 0 aliphatic carbocycles. The second kappa shape index (κ2) is 11.7. The van der Waals surface area contributed by atoms with Crippen LogP contribution in [0, 0.1) is 0 Å². The van der Waals surface area contributed by atoms with Crippen molar-refractivity contribution >= 4 is 34.4 Å². The highest BCUT2D eigenvalue weighted by Crippen LogP contribution is 2.32. The molecule has 0 amide bonds. The van der Waals surface area contributed by atoms with Crippen LogP contribution in [0.1, 0.15) is 25.1 Å². The highest BCUT2D eigenvalue weighted by atomic mass is 19.3. The van der Waals surface area contributed by atoms with Gasteiger partial charge in [-0.1, -0.05) is 6.07 Å². The van der Waals surface area contributed by atoms with Crippen molar-refractivity contribution in [2.45, 2.75) is 25.3 Å². The number of pyridine rings is 1. The van der Waals surface area contributed by atoms with E-state index < -0.39 is 12.2 Å². The van der Waals surface area contributed by atoms with E-state index in [-0.39, 0.29) is 11.9 Å². The molecule has 216 valence electrons. The van der Waals surface area contributed by atoms with Crippen molar-refractivity contribution in [3.8, 4) is 11.7 Å². The molecule has 0 bridgehead atoms. The molecule has 0 radical (unpaired) electrons. The topological polar surface area (TPSA) is 118 Å². The number of nitrogens with one attached hydrogen (secondary N) is 2. The Morgan fingerprint density at radius 3 is 2.46 bits per heavy atom. The average Bonchev–Trinajstić information content (AvgIpc) is 3.40. The number of methoxy groups -OCH3 is 1. The first-order valence-electron chi connectivity index (χ1n) is 13.6. The van der Waals surface area contributed by atoms with Crippen molar-refractivity contribution in [3.63, 3.8) is 0 Å². The lowest BCUT2D eigenvalue weighted by Crippen LogP contribution is -2.37. The van der Waals surface area contributed by atoms with Gasteiger partial charge in [-0.15, -0.1) is 0 Å². The van der Waals surface area contributed by atoms with Gasteiger partial charge in [-0.05, 0) is 57.2 Å². The fourth-order valence-corrected chi connectivity index (χ4v) is 5.07. The molecule has 6 rings (SSSR count). The van der Waals surface area contributed by atoms with Gasteiger partial charge in [-0.2, -0.15) is 15.0 Å². The van der Waals surface area contributed by atoms with Crippen molar-refractivity contribution in [2.75, 3.05) is 69.1 Å². The van der Waals surface area contributed by atoms with Gasteiger partial charge < -0.3 is 29.9 Å². The van der Waals surface area contributed by atoms with E-state index in [9.17, 15) is 8.78 Å². The van der Waals surface area contributed by atoms with E-state index in [4.69, 9.17) is 9.47 Å². The number of hydrogen-bond donors (Lipinski definition) is 2. The highest BCUT2D eigenvalue weighted by Gasteiger charge is 2.26. The van der Waals surface area contributed by atoms with Crippen LogP contribution in [0.4, 0.5) is 32.2 Å². The molecule has 12 nitrogen and oxygen atoms in total. The first kappa shape index (κ1) is 27.0. The van der Waals surface area contributed by atoms with Crippen LogP contribution in [0.3, 0.4) is 0 Å². The molecule has 14 heteroatoms. The summed E-state index contributed by atoms with van der Waals surface area (Å²) in [7, 11) is 3.60. The number of rotatable bonds is 8. The van der Waals surface area contributed by atoms with Crippen LogP contribution in [0.2, 0.25) is 0 Å². The predicted molar refractivity (Wildman–Crippen MR) is 151 cm³/mol. The molecule has 1 aromatic carbocycles. The third-order valence-corrected chi connectivity index (χ3v) is 7.29. The smallest absolute Gasteiger partial charge is 0.296 e. The Morgan fingerprint density at radius 2 is 1.76 bits per heavy atom. The molecule has 2 N–H and O–H groups in total. The molecule has 41 heavy (non-hydrogen) atoms. The van der Waals surface area contributed by atoms with Crippen molar-refractivity contribution < 1.29 is 18.3 Å². The molecule has 0 saturated carbocycles. The number of ether oxygens (including phenoxy) is 2. The largest absolute Gasteiger partial charge is 0.494 e. The molecule has 2 aliphatic rings. The summed E-state index contributed by atoms with van der Waals surface area (Å²) in [6.45, 7) is 4.23. The van der Waals surface area contributed by atoms with E-state index >= 15 is 0 Å². The molecule has 4 aromatic rings. The Labute approximate surface area is 235 Å². The maximum Gasteiger partial charge on any atom is 0.296 e. The number of aromatic nitrogens is 6. The molecule has 0 atom stereocenters. The molecule has 3 aromatic heterocycles. The van der Waals surface area contributed by atoms with Crippen molar-refractivity contribution in [1.29, 1.82) is 0 Å². The number of imidazole rings is 1. The van der Waals surface area contributed by atoms with E-state index in [0.29, 0.717) is 60.8 Å². The van der Waals surface area contributed by atoms with Crippen LogP contribution in [0.5, 0.6) is 5.75 Å². The van der Waals surface area contributed by atoms with Crippen LogP contribution in [-0.4, -0.2) is 94.0 Å². The zero-order valence-electron chi connectivity index (χ0n) is 22.9. The molecule has 0 spiro atoms. The zero-order valence-corrected chi connectivity index (χ0v) is 22.9. The number of morpholine rings is 1. The van der Waals surface area contributed by atoms with Gasteiger partial charge in [0.25, 0.3) is 6.43 Å². The maximum atomic E-state index is 14.3. The van der Waals surface area contributed by atoms with E-state index in [1.165, 1.54) is 11.7 Å². The second-order valence-electron chi connectivity index (χ2n) is 10.1. The Hall–Kier alpha value is -4.17. The second-order valence-corrected chi connectivity index (χ2v) is 10.1. The van der Waals surface area contributed by atoms with Gasteiger partial charge in [-0.3, -0.25) is 4.57 Å². The number of likely N-dealkylation sites (tertiary alicyclic amines) is 1. The lowest BCUT2D eigenvalue weighted by molar-refractivity contribution is 0.122. The molecule has 2 aliphatic heterocycles. The first-order valence-corrected chi connectivity index (χ1v) is 13.6. The molecule has 2 saturated heterocycles. The van der Waals surface area contributed by atoms with E-state index in [1.807, 2.05) is 17.0 Å². The van der Waals surface area contributed by atoms with Gasteiger partial charge in [0, 0.05) is 19.1 Å². The number of halogens is 2. The summed E-state index contributed by atoms with van der Waals surface area (Å²) in [5.41, 5.74) is 1.34. The van der Waals surface area contributed by atoms with Crippen LogP contribution in [-0.2, 0) is 4.74 Å². The highest BCUT2D eigenvalue weighted by molar-refractivity contribution is 5.84. The Bertz CT molecular complexity index is 1490. The van der Waals surface area contributed by atoms with Crippen LogP contribution in [0.15, 0.2) is 36.5 Å². The minimum Gasteiger partial charge on any atom is -0.494 e. The fraction of sp³-hybridized carbons (Fsp3) is 0.444. The zero-order chi connectivity index (χ0) is 28.3. The number of para-hydroxylation sites is 1. The molecule has 2 fully saturated rings. The minimum atomic E-state index is -2.87. The number of hydrogen-bond acceptors (Lipinski definition) is 11. The molecular formula is C27H32F2N10O2. The van der Waals surface area contributed by atoms with Crippen LogP contribution >= 0.6 is 0 Å². The van der Waals surface area contributed by atoms with Gasteiger partial charge >= 0.3 is 0 Å². The summed E-state index contributed by atoms with van der Waals surface area (Å²) < 4.78 is 40.6. The van der Waals surface area contributed by atoms with Gasteiger partial charge in [0.05, 0.1) is 37.7 Å². The number of fused-ring (bicyclic) bond motifs is 1. The Morgan fingerprint density at radius 1 is 0.976 bits per heavy atom. The summed E-state index contributed by atoms with van der Waals surface area (Å²) in [4.78, 5) is 26.8. The Balaban J connectivity index is 1.34. The van der Waals surface area contributed by atoms with E-state index in [2.05, 4.69) is 47.5 Å². The van der Waals surface area contributed by atoms with Gasteiger partial charge in [0.15, 0.2) is 5.82 Å². The maximum absolute atomic E-state index is 14.3. The number of benzene rings is 1. The summed E-state index contributed by atoms with van der Waals surface area (Å²) in [5.74, 6) is 1.24.